The summed E-state index contributed by atoms with van der Waals surface area (Å²) >= 11 is 18.5. The highest BCUT2D eigenvalue weighted by atomic mass is 35.5. The van der Waals surface area contributed by atoms with Crippen LogP contribution in [0.5, 0.6) is 5.75 Å². The number of rotatable bonds is 5. The fraction of sp³-hybridized carbons (Fsp3) is 0.120. The summed E-state index contributed by atoms with van der Waals surface area (Å²) in [7, 11) is 0. The molecule has 1 amide bonds. The fourth-order valence-corrected chi connectivity index (χ4v) is 4.28. The van der Waals surface area contributed by atoms with E-state index in [1.807, 2.05) is 0 Å². The molecular formula is C25H17Cl3FNO4. The van der Waals surface area contributed by atoms with Crippen molar-refractivity contribution in [1.82, 2.24) is 0 Å². The van der Waals surface area contributed by atoms with E-state index in [-0.39, 0.29) is 31.9 Å². The van der Waals surface area contributed by atoms with Gasteiger partial charge in [0.15, 0.2) is 0 Å². The summed E-state index contributed by atoms with van der Waals surface area (Å²) in [5.41, 5.74) is 0.578. The van der Waals surface area contributed by atoms with Gasteiger partial charge in [0, 0.05) is 11.3 Å². The number of nitrogens with zero attached hydrogens (tertiary/aromatic N) is 1. The Morgan fingerprint density at radius 3 is 2.29 bits per heavy atom. The van der Waals surface area contributed by atoms with Crippen molar-refractivity contribution in [3.8, 4) is 5.75 Å². The largest absolute Gasteiger partial charge is 0.507 e. The minimum absolute atomic E-state index is 0.117. The molecule has 1 N–H and O–H groups in total. The van der Waals surface area contributed by atoms with Crippen LogP contribution in [0.25, 0.3) is 5.76 Å². The third-order valence-corrected chi connectivity index (χ3v) is 6.38. The number of ether oxygens (including phenoxy) is 1. The molecule has 3 aromatic carbocycles. The summed E-state index contributed by atoms with van der Waals surface area (Å²) in [5.74, 6) is -2.39. The number of aliphatic hydroxyl groups is 1. The zero-order valence-corrected chi connectivity index (χ0v) is 20.0. The molecule has 0 bridgehead atoms. The second kappa shape index (κ2) is 9.66. The van der Waals surface area contributed by atoms with Crippen molar-refractivity contribution in [3.05, 3.63) is 98.2 Å². The summed E-state index contributed by atoms with van der Waals surface area (Å²) in [6, 6.07) is 13.3. The molecule has 4 rings (SSSR count). The minimum Gasteiger partial charge on any atom is -0.507 e. The smallest absolute Gasteiger partial charge is 0.300 e. The molecule has 34 heavy (non-hydrogen) atoms. The van der Waals surface area contributed by atoms with Gasteiger partial charge >= 0.3 is 0 Å². The zero-order chi connectivity index (χ0) is 24.6. The number of anilines is 1. The minimum atomic E-state index is -1.08. The third kappa shape index (κ3) is 4.37. The predicted octanol–water partition coefficient (Wildman–Crippen LogP) is 6.81. The monoisotopic (exact) mass is 519 g/mol. The van der Waals surface area contributed by atoms with E-state index in [4.69, 9.17) is 39.5 Å². The average molecular weight is 521 g/mol. The van der Waals surface area contributed by atoms with Crippen LogP contribution in [0.1, 0.15) is 24.1 Å². The standard InChI is InChI=1S/C25H17Cl3FNO4/c1-2-34-16-8-10-18(26)17(12-16)23(31)21-22(13-3-5-14(29)6-4-13)30(25(33)24(21)32)15-7-9-19(27)20(28)11-15/h3-12,22,31H,2H2,1H3/b23-21+. The van der Waals surface area contributed by atoms with Crippen LogP contribution < -0.4 is 9.64 Å². The van der Waals surface area contributed by atoms with Gasteiger partial charge in [-0.15, -0.1) is 0 Å². The van der Waals surface area contributed by atoms with Crippen molar-refractivity contribution in [1.29, 1.82) is 0 Å². The maximum Gasteiger partial charge on any atom is 0.300 e. The lowest BCUT2D eigenvalue weighted by Crippen LogP contribution is -2.29. The van der Waals surface area contributed by atoms with E-state index in [9.17, 15) is 19.1 Å². The predicted molar refractivity (Wildman–Crippen MR) is 130 cm³/mol. The molecular weight excluding hydrogens is 504 g/mol. The number of benzene rings is 3. The van der Waals surface area contributed by atoms with Gasteiger partial charge in [0.1, 0.15) is 17.3 Å². The van der Waals surface area contributed by atoms with E-state index >= 15 is 0 Å². The Balaban J connectivity index is 1.96. The van der Waals surface area contributed by atoms with Crippen molar-refractivity contribution in [2.75, 3.05) is 11.5 Å². The first-order chi connectivity index (χ1) is 16.2. The van der Waals surface area contributed by atoms with Crippen LogP contribution in [0.15, 0.2) is 66.2 Å². The quantitative estimate of drug-likeness (QED) is 0.228. The first-order valence-corrected chi connectivity index (χ1v) is 11.3. The van der Waals surface area contributed by atoms with E-state index in [0.717, 1.165) is 0 Å². The Labute approximate surface area is 209 Å². The number of halogens is 4. The van der Waals surface area contributed by atoms with Crippen LogP contribution in [-0.2, 0) is 9.59 Å². The average Bonchev–Trinajstić information content (AvgIpc) is 3.08. The Kier molecular flexibility index (Phi) is 6.84. The summed E-state index contributed by atoms with van der Waals surface area (Å²) in [5, 5.41) is 11.8. The summed E-state index contributed by atoms with van der Waals surface area (Å²) < 4.78 is 19.1. The van der Waals surface area contributed by atoms with Gasteiger partial charge in [-0.1, -0.05) is 46.9 Å². The molecule has 0 saturated carbocycles. The number of hydrogen-bond donors (Lipinski definition) is 1. The molecule has 9 heteroatoms. The van der Waals surface area contributed by atoms with Gasteiger partial charge in [-0.05, 0) is 61.0 Å². The van der Waals surface area contributed by atoms with Crippen LogP contribution in [-0.4, -0.2) is 23.4 Å². The molecule has 0 aliphatic carbocycles. The number of carbonyl (C=O) groups excluding carboxylic acids is 2. The highest BCUT2D eigenvalue weighted by Gasteiger charge is 2.47. The van der Waals surface area contributed by atoms with Gasteiger partial charge < -0.3 is 9.84 Å². The van der Waals surface area contributed by atoms with E-state index in [1.165, 1.54) is 59.5 Å². The van der Waals surface area contributed by atoms with Crippen LogP contribution in [0, 0.1) is 5.82 Å². The van der Waals surface area contributed by atoms with Crippen LogP contribution in [0.4, 0.5) is 10.1 Å². The second-order valence-electron chi connectivity index (χ2n) is 7.39. The number of ketones is 1. The molecule has 0 aromatic heterocycles. The topological polar surface area (TPSA) is 66.8 Å². The molecule has 1 aliphatic rings. The molecule has 1 saturated heterocycles. The van der Waals surface area contributed by atoms with Crippen molar-refractivity contribution in [3.63, 3.8) is 0 Å². The molecule has 1 atom stereocenters. The number of aliphatic hydroxyl groups excluding tert-OH is 1. The number of Topliss-reactive ketones (excluding diaryl/α,β-unsaturated/α-hetero) is 1. The summed E-state index contributed by atoms with van der Waals surface area (Å²) in [6.45, 7) is 2.17. The second-order valence-corrected chi connectivity index (χ2v) is 8.62. The molecule has 174 valence electrons. The van der Waals surface area contributed by atoms with Gasteiger partial charge in [0.05, 0.1) is 33.3 Å². The van der Waals surface area contributed by atoms with Crippen LogP contribution >= 0.6 is 34.8 Å². The zero-order valence-electron chi connectivity index (χ0n) is 17.7. The van der Waals surface area contributed by atoms with Gasteiger partial charge in [-0.25, -0.2) is 4.39 Å². The van der Waals surface area contributed by atoms with Gasteiger partial charge in [-0.2, -0.15) is 0 Å². The van der Waals surface area contributed by atoms with Crippen LogP contribution in [0.2, 0.25) is 15.1 Å². The lowest BCUT2D eigenvalue weighted by atomic mass is 9.95. The third-order valence-electron chi connectivity index (χ3n) is 5.32. The van der Waals surface area contributed by atoms with Gasteiger partial charge in [0.25, 0.3) is 11.7 Å². The Bertz CT molecular complexity index is 1320. The maximum absolute atomic E-state index is 13.7. The molecule has 1 heterocycles. The highest BCUT2D eigenvalue weighted by Crippen LogP contribution is 2.44. The van der Waals surface area contributed by atoms with E-state index in [2.05, 4.69) is 0 Å². The molecule has 1 unspecified atom stereocenters. The van der Waals surface area contributed by atoms with Crippen molar-refractivity contribution in [2.24, 2.45) is 0 Å². The molecule has 3 aromatic rings. The molecule has 1 aliphatic heterocycles. The SMILES string of the molecule is CCOc1ccc(Cl)c(/C(O)=C2\C(=O)C(=O)N(c3ccc(Cl)c(Cl)c3)C2c2ccc(F)cc2)c1. The first-order valence-electron chi connectivity index (χ1n) is 10.2. The summed E-state index contributed by atoms with van der Waals surface area (Å²) in [4.78, 5) is 27.6. The lowest BCUT2D eigenvalue weighted by Gasteiger charge is -2.26. The Hall–Kier alpha value is -3.06. The number of hydrogen-bond acceptors (Lipinski definition) is 4. The van der Waals surface area contributed by atoms with Gasteiger partial charge in [0.2, 0.25) is 0 Å². The highest BCUT2D eigenvalue weighted by molar-refractivity contribution is 6.52. The maximum atomic E-state index is 13.7. The van der Waals surface area contributed by atoms with Crippen molar-refractivity contribution >= 4 is 57.9 Å². The van der Waals surface area contributed by atoms with Crippen molar-refractivity contribution < 1.29 is 23.8 Å². The van der Waals surface area contributed by atoms with Crippen LogP contribution in [0.3, 0.4) is 0 Å². The number of carbonyl (C=O) groups is 2. The fourth-order valence-electron chi connectivity index (χ4n) is 3.78. The Morgan fingerprint density at radius 2 is 1.65 bits per heavy atom. The van der Waals surface area contributed by atoms with E-state index in [0.29, 0.717) is 17.9 Å². The molecule has 5 nitrogen and oxygen atoms in total. The van der Waals surface area contributed by atoms with Crippen molar-refractivity contribution in [2.45, 2.75) is 13.0 Å². The van der Waals surface area contributed by atoms with E-state index < -0.39 is 29.3 Å². The summed E-state index contributed by atoms with van der Waals surface area (Å²) in [6.07, 6.45) is 0. The molecule has 1 fully saturated rings. The molecule has 0 radical (unpaired) electrons. The Morgan fingerprint density at radius 1 is 0.971 bits per heavy atom. The number of amides is 1. The normalized spacial score (nSPS) is 17.3. The first kappa shape index (κ1) is 24.1. The van der Waals surface area contributed by atoms with Gasteiger partial charge in [-0.3, -0.25) is 14.5 Å². The lowest BCUT2D eigenvalue weighted by molar-refractivity contribution is -0.132. The molecule has 0 spiro atoms. The van der Waals surface area contributed by atoms with E-state index in [1.54, 1.807) is 13.0 Å².